The average Bonchev–Trinajstić information content (AvgIpc) is 2.44. The summed E-state index contributed by atoms with van der Waals surface area (Å²) < 4.78 is 15.2. The molecule has 1 aliphatic rings. The quantitative estimate of drug-likeness (QED) is 0.675. The molecule has 2 atom stereocenters. The highest BCUT2D eigenvalue weighted by Crippen LogP contribution is 2.21. The van der Waals surface area contributed by atoms with Gasteiger partial charge >= 0.3 is 5.97 Å². The zero-order valence-electron chi connectivity index (χ0n) is 11.4. The molecular formula is C12H21NO5. The molecule has 0 aromatic carbocycles. The van der Waals surface area contributed by atoms with Crippen molar-refractivity contribution in [3.05, 3.63) is 0 Å². The molecule has 1 rings (SSSR count). The predicted molar refractivity (Wildman–Crippen MR) is 64.0 cm³/mol. The summed E-state index contributed by atoms with van der Waals surface area (Å²) in [6, 6.07) is -0.683. The van der Waals surface area contributed by atoms with Crippen molar-refractivity contribution in [1.82, 2.24) is 4.90 Å². The Balaban J connectivity index is 2.90. The van der Waals surface area contributed by atoms with Gasteiger partial charge in [-0.2, -0.15) is 0 Å². The molecule has 0 saturated carbocycles. The van der Waals surface area contributed by atoms with Crippen LogP contribution in [0.5, 0.6) is 0 Å². The van der Waals surface area contributed by atoms with E-state index >= 15 is 0 Å². The van der Waals surface area contributed by atoms with E-state index in [9.17, 15) is 9.59 Å². The van der Waals surface area contributed by atoms with Crippen LogP contribution in [0.15, 0.2) is 0 Å². The van der Waals surface area contributed by atoms with Gasteiger partial charge < -0.3 is 19.1 Å². The first kappa shape index (κ1) is 14.9. The number of nitrogens with zero attached hydrogens (tertiary/aromatic N) is 1. The van der Waals surface area contributed by atoms with Crippen molar-refractivity contribution in [2.75, 3.05) is 34.0 Å². The van der Waals surface area contributed by atoms with Gasteiger partial charge in [0.05, 0.1) is 20.3 Å². The van der Waals surface area contributed by atoms with Gasteiger partial charge in [-0.15, -0.1) is 0 Å². The van der Waals surface area contributed by atoms with Crippen molar-refractivity contribution >= 4 is 11.9 Å². The van der Waals surface area contributed by atoms with Gasteiger partial charge in [0.2, 0.25) is 0 Å². The van der Waals surface area contributed by atoms with Crippen LogP contribution in [0.3, 0.4) is 0 Å². The Bertz CT molecular complexity index is 314. The molecule has 6 heteroatoms. The molecule has 2 unspecified atom stereocenters. The largest absolute Gasteiger partial charge is 0.467 e. The number of methoxy groups -OCH3 is 2. The molecule has 0 radical (unpaired) electrons. The number of rotatable bonds is 4. The van der Waals surface area contributed by atoms with Crippen molar-refractivity contribution in [2.24, 2.45) is 0 Å². The van der Waals surface area contributed by atoms with Gasteiger partial charge in [-0.3, -0.25) is 4.79 Å². The number of hydrogen-bond donors (Lipinski definition) is 0. The Morgan fingerprint density at radius 3 is 2.61 bits per heavy atom. The van der Waals surface area contributed by atoms with Crippen LogP contribution >= 0.6 is 0 Å². The van der Waals surface area contributed by atoms with E-state index in [1.54, 1.807) is 6.92 Å². The molecule has 0 aliphatic carbocycles. The maximum atomic E-state index is 12.5. The molecule has 6 nitrogen and oxygen atoms in total. The van der Waals surface area contributed by atoms with Gasteiger partial charge in [-0.25, -0.2) is 4.79 Å². The van der Waals surface area contributed by atoms with Crippen molar-refractivity contribution in [2.45, 2.75) is 31.9 Å². The first-order valence-corrected chi connectivity index (χ1v) is 6.02. The van der Waals surface area contributed by atoms with E-state index in [2.05, 4.69) is 0 Å². The third-order valence-corrected chi connectivity index (χ3v) is 3.44. The number of carbonyl (C=O) groups excluding carboxylic acids is 2. The minimum atomic E-state index is -0.913. The van der Waals surface area contributed by atoms with E-state index in [1.165, 1.54) is 19.1 Å². The summed E-state index contributed by atoms with van der Waals surface area (Å²) in [6.07, 6.45) is 0.535. The van der Waals surface area contributed by atoms with Gasteiger partial charge in [0.15, 0.2) is 6.04 Å². The van der Waals surface area contributed by atoms with E-state index in [4.69, 9.17) is 14.2 Å². The van der Waals surface area contributed by atoms with Gasteiger partial charge in [-0.1, -0.05) is 6.92 Å². The van der Waals surface area contributed by atoms with Crippen LogP contribution in [0.2, 0.25) is 0 Å². The molecule has 0 aromatic rings. The maximum Gasteiger partial charge on any atom is 0.331 e. The molecule has 1 fully saturated rings. The van der Waals surface area contributed by atoms with Crippen LogP contribution in [0.25, 0.3) is 0 Å². The zero-order valence-corrected chi connectivity index (χ0v) is 11.4. The van der Waals surface area contributed by atoms with Crippen LogP contribution in [0, 0.1) is 0 Å². The Labute approximate surface area is 107 Å². The monoisotopic (exact) mass is 259 g/mol. The van der Waals surface area contributed by atoms with Crippen LogP contribution in [-0.2, 0) is 23.8 Å². The molecule has 1 amide bonds. The lowest BCUT2D eigenvalue weighted by Crippen LogP contribution is -2.59. The fraction of sp³-hybridized carbons (Fsp3) is 0.833. The minimum Gasteiger partial charge on any atom is -0.467 e. The average molecular weight is 259 g/mol. The summed E-state index contributed by atoms with van der Waals surface area (Å²) in [5, 5.41) is 0. The van der Waals surface area contributed by atoms with Gasteiger partial charge in [0, 0.05) is 13.7 Å². The summed E-state index contributed by atoms with van der Waals surface area (Å²) in [5.74, 6) is -0.663. The number of amides is 1. The highest BCUT2D eigenvalue weighted by molar-refractivity contribution is 5.89. The lowest BCUT2D eigenvalue weighted by Gasteiger charge is -2.38. The highest BCUT2D eigenvalue weighted by Gasteiger charge is 2.42. The number of carbonyl (C=O) groups is 2. The molecule has 1 aliphatic heterocycles. The number of esters is 1. The van der Waals surface area contributed by atoms with E-state index < -0.39 is 17.6 Å². The molecule has 104 valence electrons. The summed E-state index contributed by atoms with van der Waals surface area (Å²) >= 11 is 0. The van der Waals surface area contributed by atoms with E-state index in [0.717, 1.165) is 0 Å². The normalized spacial score (nSPS) is 23.3. The van der Waals surface area contributed by atoms with Crippen molar-refractivity contribution < 1.29 is 23.8 Å². The molecule has 1 heterocycles. The standard InChI is InChI=1S/C12H21NO5/c1-5-12(2,17-4)11(15)13-6-7-18-8-9(13)10(14)16-3/h9H,5-8H2,1-4H3. The van der Waals surface area contributed by atoms with E-state index in [1.807, 2.05) is 6.92 Å². The molecular weight excluding hydrogens is 238 g/mol. The Hall–Kier alpha value is -1.14. The summed E-state index contributed by atoms with van der Waals surface area (Å²) in [7, 11) is 2.80. The minimum absolute atomic E-state index is 0.169. The Morgan fingerprint density at radius 1 is 1.44 bits per heavy atom. The van der Waals surface area contributed by atoms with Crippen molar-refractivity contribution in [1.29, 1.82) is 0 Å². The second-order valence-electron chi connectivity index (χ2n) is 4.40. The van der Waals surface area contributed by atoms with Gasteiger partial charge in [-0.05, 0) is 13.3 Å². The Morgan fingerprint density at radius 2 is 2.11 bits per heavy atom. The lowest BCUT2D eigenvalue weighted by atomic mass is 10.00. The number of ether oxygens (including phenoxy) is 3. The lowest BCUT2D eigenvalue weighted by molar-refractivity contribution is -0.171. The smallest absolute Gasteiger partial charge is 0.331 e. The molecule has 0 aromatic heterocycles. The summed E-state index contributed by atoms with van der Waals surface area (Å²) in [5.41, 5.74) is -0.913. The summed E-state index contributed by atoms with van der Waals surface area (Å²) in [4.78, 5) is 25.6. The molecule has 0 spiro atoms. The van der Waals surface area contributed by atoms with Crippen molar-refractivity contribution in [3.8, 4) is 0 Å². The SMILES string of the molecule is CCC(C)(OC)C(=O)N1CCOCC1C(=O)OC. The van der Waals surface area contributed by atoms with E-state index in [-0.39, 0.29) is 12.5 Å². The second-order valence-corrected chi connectivity index (χ2v) is 4.40. The summed E-state index contributed by atoms with van der Waals surface area (Å²) in [6.45, 7) is 4.55. The number of hydrogen-bond acceptors (Lipinski definition) is 5. The second kappa shape index (κ2) is 6.15. The predicted octanol–water partition coefficient (Wildman–Crippen LogP) is 0.202. The first-order valence-electron chi connectivity index (χ1n) is 6.02. The van der Waals surface area contributed by atoms with Gasteiger partial charge in [0.1, 0.15) is 5.60 Å². The molecule has 0 bridgehead atoms. The zero-order chi connectivity index (χ0) is 13.8. The topological polar surface area (TPSA) is 65.1 Å². The van der Waals surface area contributed by atoms with E-state index in [0.29, 0.717) is 19.6 Å². The third-order valence-electron chi connectivity index (χ3n) is 3.44. The maximum absolute atomic E-state index is 12.5. The van der Waals surface area contributed by atoms with Crippen LogP contribution in [-0.4, -0.2) is 62.4 Å². The highest BCUT2D eigenvalue weighted by atomic mass is 16.5. The molecule has 18 heavy (non-hydrogen) atoms. The third kappa shape index (κ3) is 2.81. The first-order chi connectivity index (χ1) is 8.50. The van der Waals surface area contributed by atoms with Crippen LogP contribution in [0.4, 0.5) is 0 Å². The fourth-order valence-corrected chi connectivity index (χ4v) is 1.86. The van der Waals surface area contributed by atoms with Gasteiger partial charge in [0.25, 0.3) is 5.91 Å². The van der Waals surface area contributed by atoms with Crippen LogP contribution in [0.1, 0.15) is 20.3 Å². The number of morpholine rings is 1. The van der Waals surface area contributed by atoms with Crippen LogP contribution < -0.4 is 0 Å². The molecule has 0 N–H and O–H groups in total. The molecule has 1 saturated heterocycles. The fourth-order valence-electron chi connectivity index (χ4n) is 1.86. The van der Waals surface area contributed by atoms with Crippen molar-refractivity contribution in [3.63, 3.8) is 0 Å². The Kier molecular flexibility index (Phi) is 5.10.